The van der Waals surface area contributed by atoms with Gasteiger partial charge in [-0.25, -0.2) is 0 Å². The molecule has 0 saturated carbocycles. The molecule has 0 atom stereocenters. The van der Waals surface area contributed by atoms with Gasteiger partial charge in [-0.1, -0.05) is 0 Å². The maximum atomic E-state index is 5.92. The van der Waals surface area contributed by atoms with Crippen LogP contribution >= 0.6 is 56.6 Å². The predicted octanol–water partition coefficient (Wildman–Crippen LogP) is 2.62. The Hall–Kier alpha value is 0.107. The number of halogens is 1. The molecule has 0 unspecified atom stereocenters. The van der Waals surface area contributed by atoms with Crippen molar-refractivity contribution in [3.63, 3.8) is 0 Å². The fourth-order valence-electron chi connectivity index (χ4n) is 2.37. The number of thiophene rings is 3. The topological polar surface area (TPSA) is 26.0 Å². The normalized spacial score (nSPS) is 14.7. The standard InChI is InChI=1S/C11H8INS3Si/c1-3-6-8(16-11(3)12)10-9(15-6)7-4(17-10)2-5(13)14-7/h2H,13,17H2,1H3. The van der Waals surface area contributed by atoms with Crippen molar-refractivity contribution in [2.45, 2.75) is 6.92 Å². The number of hydrogen-bond donors (Lipinski definition) is 1. The zero-order valence-corrected chi connectivity index (χ0v) is 15.0. The molecule has 86 valence electrons. The first kappa shape index (κ1) is 11.0. The minimum absolute atomic E-state index is 0.274. The van der Waals surface area contributed by atoms with Crippen LogP contribution in [0.1, 0.15) is 5.56 Å². The van der Waals surface area contributed by atoms with Crippen molar-refractivity contribution in [3.8, 4) is 9.75 Å². The molecular weight excluding hydrogens is 397 g/mol. The molecule has 0 aromatic carbocycles. The molecule has 0 spiro atoms. The maximum absolute atomic E-state index is 5.92. The fourth-order valence-corrected chi connectivity index (χ4v) is 10.5. The van der Waals surface area contributed by atoms with E-state index in [-0.39, 0.29) is 9.52 Å². The van der Waals surface area contributed by atoms with E-state index >= 15 is 0 Å². The smallest absolute Gasteiger partial charge is 0.0934 e. The summed E-state index contributed by atoms with van der Waals surface area (Å²) in [5.41, 5.74) is 7.39. The van der Waals surface area contributed by atoms with E-state index in [1.807, 2.05) is 22.7 Å². The zero-order chi connectivity index (χ0) is 11.7. The van der Waals surface area contributed by atoms with Crippen LogP contribution in [0.4, 0.5) is 5.00 Å². The van der Waals surface area contributed by atoms with Crippen molar-refractivity contribution in [1.29, 1.82) is 0 Å². The SMILES string of the molecule is Cc1c(I)sc2c3c(sc12)-c1sc(N)cc1[SiH2]3. The first-order chi connectivity index (χ1) is 8.15. The van der Waals surface area contributed by atoms with E-state index in [1.165, 1.54) is 22.9 Å². The molecule has 6 heteroatoms. The third-order valence-corrected chi connectivity index (χ3v) is 11.2. The van der Waals surface area contributed by atoms with Gasteiger partial charge in [-0.2, -0.15) is 0 Å². The van der Waals surface area contributed by atoms with Gasteiger partial charge in [0.1, 0.15) is 0 Å². The van der Waals surface area contributed by atoms with Crippen molar-refractivity contribution >= 4 is 90.9 Å². The van der Waals surface area contributed by atoms with E-state index in [2.05, 4.69) is 35.6 Å². The number of fused-ring (bicyclic) bond motifs is 5. The van der Waals surface area contributed by atoms with Crippen LogP contribution in [-0.4, -0.2) is 9.52 Å². The summed E-state index contributed by atoms with van der Waals surface area (Å²) < 4.78 is 4.55. The Labute approximate surface area is 127 Å². The Morgan fingerprint density at radius 3 is 2.82 bits per heavy atom. The second-order valence-corrected chi connectivity index (χ2v) is 11.0. The number of anilines is 1. The Kier molecular flexibility index (Phi) is 2.30. The summed E-state index contributed by atoms with van der Waals surface area (Å²) in [6, 6.07) is 2.20. The summed E-state index contributed by atoms with van der Waals surface area (Å²) in [6.07, 6.45) is 0. The van der Waals surface area contributed by atoms with Gasteiger partial charge in [-0.15, -0.1) is 34.0 Å². The highest BCUT2D eigenvalue weighted by molar-refractivity contribution is 14.1. The molecule has 17 heavy (non-hydrogen) atoms. The Morgan fingerprint density at radius 1 is 1.18 bits per heavy atom. The second kappa shape index (κ2) is 3.57. The van der Waals surface area contributed by atoms with Crippen LogP contribution < -0.4 is 16.1 Å². The summed E-state index contributed by atoms with van der Waals surface area (Å²) in [5.74, 6) is 0. The van der Waals surface area contributed by atoms with Gasteiger partial charge in [0, 0.05) is 19.2 Å². The van der Waals surface area contributed by atoms with Crippen molar-refractivity contribution in [3.05, 3.63) is 14.5 Å². The van der Waals surface area contributed by atoms with E-state index in [4.69, 9.17) is 5.73 Å². The van der Waals surface area contributed by atoms with Crippen molar-refractivity contribution in [2.24, 2.45) is 0 Å². The number of hydrogen-bond acceptors (Lipinski definition) is 4. The quantitative estimate of drug-likeness (QED) is 0.353. The minimum Gasteiger partial charge on any atom is -0.391 e. The molecule has 1 nitrogen and oxygen atoms in total. The molecule has 1 aliphatic heterocycles. The van der Waals surface area contributed by atoms with Crippen LogP contribution in [0.5, 0.6) is 0 Å². The number of rotatable bonds is 0. The van der Waals surface area contributed by atoms with Gasteiger partial charge in [0.25, 0.3) is 0 Å². The number of aryl methyl sites for hydroxylation is 1. The van der Waals surface area contributed by atoms with Gasteiger partial charge in [0.2, 0.25) is 0 Å². The summed E-state index contributed by atoms with van der Waals surface area (Å²) in [7, 11) is -0.274. The molecule has 1 aliphatic rings. The predicted molar refractivity (Wildman–Crippen MR) is 92.7 cm³/mol. The average molecular weight is 405 g/mol. The van der Waals surface area contributed by atoms with Crippen LogP contribution in [0.15, 0.2) is 6.07 Å². The van der Waals surface area contributed by atoms with Gasteiger partial charge in [-0.05, 0) is 51.5 Å². The van der Waals surface area contributed by atoms with Crippen LogP contribution in [0, 0.1) is 9.81 Å². The lowest BCUT2D eigenvalue weighted by Gasteiger charge is -1.89. The largest absolute Gasteiger partial charge is 0.391 e. The van der Waals surface area contributed by atoms with E-state index in [0.717, 1.165) is 5.00 Å². The molecule has 0 fully saturated rings. The van der Waals surface area contributed by atoms with Crippen LogP contribution in [0.2, 0.25) is 0 Å². The maximum Gasteiger partial charge on any atom is 0.0934 e. The fraction of sp³-hybridized carbons (Fsp3) is 0.0909. The van der Waals surface area contributed by atoms with Gasteiger partial charge in [0.05, 0.1) is 17.4 Å². The van der Waals surface area contributed by atoms with E-state index in [9.17, 15) is 0 Å². The van der Waals surface area contributed by atoms with Gasteiger partial charge >= 0.3 is 0 Å². The third kappa shape index (κ3) is 1.39. The summed E-state index contributed by atoms with van der Waals surface area (Å²) in [5, 5.41) is 4.23. The molecule has 0 radical (unpaired) electrons. The monoisotopic (exact) mass is 405 g/mol. The van der Waals surface area contributed by atoms with Gasteiger partial charge < -0.3 is 5.73 Å². The summed E-state index contributed by atoms with van der Waals surface area (Å²) in [4.78, 5) is 3.01. The molecule has 0 saturated heterocycles. The average Bonchev–Trinajstić information content (AvgIpc) is 2.92. The molecular formula is C11H8INS3Si. The van der Waals surface area contributed by atoms with Crippen LogP contribution in [-0.2, 0) is 0 Å². The lowest BCUT2D eigenvalue weighted by molar-refractivity contribution is 1.59. The van der Waals surface area contributed by atoms with Gasteiger partial charge in [0.15, 0.2) is 0 Å². The van der Waals surface area contributed by atoms with Crippen LogP contribution in [0.25, 0.3) is 19.2 Å². The highest BCUT2D eigenvalue weighted by atomic mass is 127. The molecule has 3 aromatic rings. The van der Waals surface area contributed by atoms with E-state index in [0.29, 0.717) is 0 Å². The van der Waals surface area contributed by atoms with E-state index < -0.39 is 0 Å². The molecule has 0 aliphatic carbocycles. The Morgan fingerprint density at radius 2 is 2.00 bits per heavy atom. The molecule has 4 heterocycles. The zero-order valence-electron chi connectivity index (χ0n) is 8.96. The number of nitrogens with two attached hydrogens (primary N) is 1. The second-order valence-electron chi connectivity index (χ2n) is 4.25. The lowest BCUT2D eigenvalue weighted by Crippen LogP contribution is -2.19. The molecule has 3 aromatic heterocycles. The van der Waals surface area contributed by atoms with Crippen molar-refractivity contribution < 1.29 is 0 Å². The summed E-state index contributed by atoms with van der Waals surface area (Å²) >= 11 is 8.20. The van der Waals surface area contributed by atoms with E-state index in [1.54, 1.807) is 26.4 Å². The van der Waals surface area contributed by atoms with Crippen molar-refractivity contribution in [2.75, 3.05) is 5.73 Å². The lowest BCUT2D eigenvalue weighted by atomic mass is 10.3. The first-order valence-corrected chi connectivity index (χ1v) is 10.2. The molecule has 2 N–H and O–H groups in total. The summed E-state index contributed by atoms with van der Waals surface area (Å²) in [6.45, 7) is 2.25. The van der Waals surface area contributed by atoms with Crippen molar-refractivity contribution in [1.82, 2.24) is 0 Å². The highest BCUT2D eigenvalue weighted by Crippen LogP contribution is 2.43. The Bertz CT molecular complexity index is 767. The molecule has 4 rings (SSSR count). The first-order valence-electron chi connectivity index (χ1n) is 5.24. The third-order valence-electron chi connectivity index (χ3n) is 3.19. The van der Waals surface area contributed by atoms with Gasteiger partial charge in [-0.3, -0.25) is 0 Å². The molecule has 0 amide bonds. The minimum atomic E-state index is -0.274. The van der Waals surface area contributed by atoms with Crippen LogP contribution in [0.3, 0.4) is 0 Å². The Balaban J connectivity index is 2.08. The molecule has 0 bridgehead atoms. The number of nitrogen functional groups attached to an aromatic ring is 1. The highest BCUT2D eigenvalue weighted by Gasteiger charge is 2.28.